The van der Waals surface area contributed by atoms with Crippen molar-refractivity contribution in [1.29, 1.82) is 0 Å². The molecule has 1 aromatic rings. The second kappa shape index (κ2) is 67.9. The summed E-state index contributed by atoms with van der Waals surface area (Å²) in [6.45, 7) is 97.9. The van der Waals surface area contributed by atoms with Crippen LogP contribution in [0.25, 0.3) is 0 Å². The summed E-state index contributed by atoms with van der Waals surface area (Å²) < 4.78 is 16.5. The molecule has 0 aromatic heterocycles. The van der Waals surface area contributed by atoms with Crippen molar-refractivity contribution in [3.8, 4) is 0 Å². The molecule has 2 atom stereocenters. The Bertz CT molecular complexity index is 2710. The largest absolute Gasteiger partial charge is 0.379 e. The lowest BCUT2D eigenvalue weighted by atomic mass is 9.82. The molecule has 1 aromatic carbocycles. The number of ether oxygens (including phenoxy) is 3. The maximum absolute atomic E-state index is 5.66. The lowest BCUT2D eigenvalue weighted by molar-refractivity contribution is -0.187. The number of likely N-dealkylation sites (tertiary alicyclic amines) is 7. The molecule has 0 radical (unpaired) electrons. The number of morpholine rings is 1. The Morgan fingerprint density at radius 3 is 0.826 bits per heavy atom. The van der Waals surface area contributed by atoms with E-state index in [-0.39, 0.29) is 5.79 Å². The number of hydrogen-bond acceptors (Lipinski definition) is 18. The van der Waals surface area contributed by atoms with Gasteiger partial charge in [0.05, 0.1) is 26.4 Å². The lowest BCUT2D eigenvalue weighted by Crippen LogP contribution is -2.47. The zero-order chi connectivity index (χ0) is 96.3. The van der Waals surface area contributed by atoms with Gasteiger partial charge in [0.1, 0.15) is 0 Å². The third-order valence-electron chi connectivity index (χ3n) is 32.6. The minimum atomic E-state index is -0.203. The van der Waals surface area contributed by atoms with E-state index < -0.39 is 0 Å². The first-order valence-corrected chi connectivity index (χ1v) is 57.2. The van der Waals surface area contributed by atoms with E-state index in [9.17, 15) is 0 Å². The van der Waals surface area contributed by atoms with Crippen LogP contribution in [0.5, 0.6) is 0 Å². The second-order valence-corrected chi connectivity index (χ2v) is 46.6. The molecule has 0 amide bonds. The third-order valence-corrected chi connectivity index (χ3v) is 32.6. The molecule has 2 aliphatic carbocycles. The number of nitrogens with zero attached hydrogens (tertiary/aromatic N) is 13. The summed E-state index contributed by atoms with van der Waals surface area (Å²) in [6, 6.07) is 20.3. The van der Waals surface area contributed by atoms with E-state index >= 15 is 0 Å². The average molecular weight is 1860 g/mol. The van der Waals surface area contributed by atoms with E-state index in [1.165, 1.54) is 315 Å². The molecule has 132 heavy (non-hydrogen) atoms. The van der Waals surface area contributed by atoms with Crippen LogP contribution >= 0.6 is 0 Å². The molecular formula is C114H227N15O3. The van der Waals surface area contributed by atoms with Gasteiger partial charge >= 0.3 is 0 Å². The van der Waals surface area contributed by atoms with Crippen molar-refractivity contribution >= 4 is 0 Å². The van der Waals surface area contributed by atoms with Crippen molar-refractivity contribution in [3.63, 3.8) is 0 Å². The Morgan fingerprint density at radius 2 is 0.515 bits per heavy atom. The fraction of sp³-hybridized carbons (Fsp3) is 0.947. The normalized spacial score (nSPS) is 26.9. The SMILES string of the molecule is CC(C)N1C2CCC1CC2.CC(C)N1CC2CCC(CC2)C1.CC(C)N1CC2CCCCC2C1.CC(C)N1CCC1.CC(C)N1CCC2(CC1)OCCO2.CC(C)N1CCCC1.CC(C)N1CCCCC1.CC(C)N1CCCCCC1.CC(C)N1CCCCCCC1.CC(C)N1CCCNCC1.CC(C)N1CCNCC1.CC(C)N1CCOCC1.CC(C)N1Cc2ccccc2C1. The molecule has 15 saturated heterocycles. The molecule has 16 heterocycles. The van der Waals surface area contributed by atoms with Gasteiger partial charge in [-0.3, -0.25) is 24.5 Å². The number of nitrogens with one attached hydrogen (secondary N) is 2. The fourth-order valence-electron chi connectivity index (χ4n) is 22.9. The summed E-state index contributed by atoms with van der Waals surface area (Å²) in [6.07, 6.45) is 42.7. The summed E-state index contributed by atoms with van der Waals surface area (Å²) in [7, 11) is 0. The number of piperidine rings is 2. The molecular weight excluding hydrogens is 1630 g/mol. The fourth-order valence-corrected chi connectivity index (χ4v) is 22.9. The first-order valence-electron chi connectivity index (χ1n) is 57.2. The van der Waals surface area contributed by atoms with Gasteiger partial charge < -0.3 is 64.0 Å². The number of rotatable bonds is 13. The van der Waals surface area contributed by atoms with E-state index in [4.69, 9.17) is 14.2 Å². The molecule has 18 nitrogen and oxygen atoms in total. The molecule has 17 fully saturated rings. The predicted octanol–water partition coefficient (Wildman–Crippen LogP) is 21.8. The van der Waals surface area contributed by atoms with Crippen LogP contribution in [-0.4, -0.2) is 357 Å². The Balaban J connectivity index is 0.000000221. The molecule has 19 rings (SSSR count). The van der Waals surface area contributed by atoms with Gasteiger partial charge in [-0.1, -0.05) is 75.6 Å². The highest BCUT2D eigenvalue weighted by atomic mass is 16.7. The quantitative estimate of drug-likeness (QED) is 0.196. The number of hydrogen-bond donors (Lipinski definition) is 2. The van der Waals surface area contributed by atoms with Crippen LogP contribution in [0.3, 0.4) is 0 Å². The number of fused-ring (bicyclic) bond motifs is 8. The summed E-state index contributed by atoms with van der Waals surface area (Å²) in [5.74, 6) is 3.98. The minimum absolute atomic E-state index is 0.203. The van der Waals surface area contributed by atoms with Crippen molar-refractivity contribution in [2.45, 2.75) is 482 Å². The van der Waals surface area contributed by atoms with E-state index in [1.54, 1.807) is 0 Å². The predicted molar refractivity (Wildman–Crippen MR) is 573 cm³/mol. The lowest BCUT2D eigenvalue weighted by Gasteiger charge is -2.39. The molecule has 16 aliphatic heterocycles. The number of piperazine rings is 1. The highest BCUT2D eigenvalue weighted by Crippen LogP contribution is 2.40. The van der Waals surface area contributed by atoms with Crippen LogP contribution in [0, 0.1) is 23.7 Å². The van der Waals surface area contributed by atoms with Gasteiger partial charge in [-0.05, 0) is 422 Å². The molecule has 2 N–H and O–H groups in total. The van der Waals surface area contributed by atoms with E-state index in [0.29, 0.717) is 18.1 Å². The molecule has 18 heteroatoms. The molecule has 4 bridgehead atoms. The second-order valence-electron chi connectivity index (χ2n) is 46.6. The standard InChI is InChI=1S/2C11H21N.C11H15N.C10H19NO2.C10H21N.C9H17N.C9H19N.C8H18N2.C8H17N.C7H16N2.C7H15NO.C7H15N.C6H13N/c1-9(2)12-7-10-3-4-11(8-12)6-5-10;2*1-9(2)12-7-10-5-3-4-6-11(10)8-12;1-9(2)11-5-3-10(4-6-11)12-7-8-13-10;1-10(2)11-8-6-4-3-5-7-9-11;1-7(2)10-8-3-4-9(10)6-5-8;1-9(2)10-7-5-3-4-6-8-10;1-8(2)10-6-3-4-9-5-7-10;1-8(2)9-6-4-3-5-7-9;1-7(2)9-5-3-8-4-6-9;1-7(2)8-3-5-9-6-4-8;1-7(2)8-5-3-4-6-8;1-6(2)7-4-3-5-7/h2*9-11H,3-8H2,1-2H3;3-6,9H,7-8H2,1-2H3;9H,3-8H2,1-2H3;10H,3-9H2,1-2H3;7-9H,3-6H2,1-2H3;9H,3-8H2,1-2H3;8-9H,3-7H2,1-2H3;8H,3-7H2,1-2H3;7-8H,3-6H2,1-2H3;7H,3-6H2,1-2H3;7H,3-6H2,1-2H3;6H,3-5H2,1-2H3. The van der Waals surface area contributed by atoms with Crippen LogP contribution in [0.1, 0.15) is 384 Å². The van der Waals surface area contributed by atoms with Gasteiger partial charge in [0.25, 0.3) is 0 Å². The average Bonchev–Trinajstić information content (AvgIpc) is 1.61. The Morgan fingerprint density at radius 1 is 0.242 bits per heavy atom. The van der Waals surface area contributed by atoms with Crippen LogP contribution in [0.15, 0.2) is 24.3 Å². The van der Waals surface area contributed by atoms with Crippen molar-refractivity contribution in [2.75, 3.05) is 197 Å². The minimum Gasteiger partial charge on any atom is -0.379 e. The molecule has 1 spiro atoms. The highest BCUT2D eigenvalue weighted by molar-refractivity contribution is 5.30. The maximum atomic E-state index is 5.66. The molecule has 2 saturated carbocycles. The summed E-state index contributed by atoms with van der Waals surface area (Å²) >= 11 is 0. The van der Waals surface area contributed by atoms with Gasteiger partial charge in [0, 0.05) is 208 Å². The Labute approximate surface area is 821 Å². The van der Waals surface area contributed by atoms with Crippen LogP contribution in [0.4, 0.5) is 0 Å². The van der Waals surface area contributed by atoms with Crippen LogP contribution in [-0.2, 0) is 27.3 Å². The van der Waals surface area contributed by atoms with Crippen LogP contribution in [0.2, 0.25) is 0 Å². The highest BCUT2D eigenvalue weighted by Gasteiger charge is 2.42. The summed E-state index contributed by atoms with van der Waals surface area (Å²) in [4.78, 5) is 33.3. The van der Waals surface area contributed by atoms with Gasteiger partial charge in [-0.15, -0.1) is 0 Å². The van der Waals surface area contributed by atoms with E-state index in [2.05, 4.69) is 279 Å². The third kappa shape index (κ3) is 47.1. The summed E-state index contributed by atoms with van der Waals surface area (Å²) in [5.41, 5.74) is 3.01. The van der Waals surface area contributed by atoms with Crippen molar-refractivity contribution in [3.05, 3.63) is 35.4 Å². The Hall–Kier alpha value is -1.50. The smallest absolute Gasteiger partial charge is 0.170 e. The van der Waals surface area contributed by atoms with Gasteiger partial charge in [0.2, 0.25) is 0 Å². The zero-order valence-corrected chi connectivity index (χ0v) is 92.7. The summed E-state index contributed by atoms with van der Waals surface area (Å²) in [5, 5.41) is 6.72. The molecule has 776 valence electrons. The zero-order valence-electron chi connectivity index (χ0n) is 92.7. The van der Waals surface area contributed by atoms with E-state index in [0.717, 1.165) is 194 Å². The van der Waals surface area contributed by atoms with Crippen LogP contribution < -0.4 is 10.6 Å². The molecule has 2 unspecified atom stereocenters. The van der Waals surface area contributed by atoms with Crippen molar-refractivity contribution in [1.82, 2.24) is 74.3 Å². The molecule has 18 aliphatic rings. The van der Waals surface area contributed by atoms with Gasteiger partial charge in [0.15, 0.2) is 5.79 Å². The maximum Gasteiger partial charge on any atom is 0.170 e. The van der Waals surface area contributed by atoms with Gasteiger partial charge in [-0.25, -0.2) is 0 Å². The van der Waals surface area contributed by atoms with Crippen molar-refractivity contribution in [2.24, 2.45) is 23.7 Å². The van der Waals surface area contributed by atoms with E-state index in [1.807, 2.05) is 0 Å². The van der Waals surface area contributed by atoms with Gasteiger partial charge in [-0.2, -0.15) is 0 Å². The first kappa shape index (κ1) is 119. The Kier molecular flexibility index (Phi) is 61.3. The van der Waals surface area contributed by atoms with Crippen molar-refractivity contribution < 1.29 is 14.2 Å². The topological polar surface area (TPSA) is 93.9 Å². The first-order chi connectivity index (χ1) is 63.2. The number of benzene rings is 1. The monoisotopic (exact) mass is 1850 g/mol.